The number of benzene rings is 1. The zero-order chi connectivity index (χ0) is 26.7. The van der Waals surface area contributed by atoms with Gasteiger partial charge in [-0.1, -0.05) is 103 Å². The number of hydrogen-bond acceptors (Lipinski definition) is 6. The fourth-order valence-corrected chi connectivity index (χ4v) is 4.32. The Hall–Kier alpha value is -2.12. The minimum atomic E-state index is -2.23. The van der Waals surface area contributed by atoms with Crippen molar-refractivity contribution < 1.29 is 34.4 Å². The summed E-state index contributed by atoms with van der Waals surface area (Å²) in [6.45, 7) is 4.27. The second kappa shape index (κ2) is 19.1. The molecule has 0 saturated heterocycles. The lowest BCUT2D eigenvalue weighted by atomic mass is 9.89. The summed E-state index contributed by atoms with van der Waals surface area (Å²) in [4.78, 5) is 23.3. The molecule has 0 aromatic heterocycles. The highest BCUT2D eigenvalue weighted by molar-refractivity contribution is 5.84. The molecule has 0 fully saturated rings. The van der Waals surface area contributed by atoms with Crippen LogP contribution in [0.15, 0.2) is 30.3 Å². The number of carbonyl (C=O) groups excluding carboxylic acids is 1. The van der Waals surface area contributed by atoms with Crippen LogP contribution in [0, 0.1) is 0 Å². The van der Waals surface area contributed by atoms with E-state index >= 15 is 0 Å². The molecule has 0 bridgehead atoms. The van der Waals surface area contributed by atoms with Gasteiger partial charge in [0.25, 0.3) is 0 Å². The van der Waals surface area contributed by atoms with Gasteiger partial charge in [-0.25, -0.2) is 9.59 Å². The van der Waals surface area contributed by atoms with Gasteiger partial charge in [0, 0.05) is 0 Å². The molecular weight excluding hydrogens is 460 g/mol. The summed E-state index contributed by atoms with van der Waals surface area (Å²) in [6, 6.07) is 9.41. The smallest absolute Gasteiger partial charge is 0.338 e. The predicted octanol–water partition coefficient (Wildman–Crippen LogP) is 6.05. The molecule has 0 amide bonds. The van der Waals surface area contributed by atoms with E-state index in [9.17, 15) is 19.8 Å². The monoisotopic (exact) mass is 508 g/mol. The molecule has 0 aliphatic carbocycles. The SMILES string of the molecule is CCCCCCCCCC(CCCCCCCC)(COC(=O)C(O)C(O)C(=O)O)Oc1ccccc1. The summed E-state index contributed by atoms with van der Waals surface area (Å²) in [5.41, 5.74) is -0.793. The standard InChI is InChI=1S/C29H48O7/c1-3-5-7-9-11-13-18-22-29(21-17-12-10-8-6-4-2,36-24-19-15-14-16-20-24)23-35-28(34)26(31)25(30)27(32)33/h14-16,19-20,25-26,30-31H,3-13,17-18,21-23H2,1-2H3,(H,32,33). The van der Waals surface area contributed by atoms with Gasteiger partial charge in [0.2, 0.25) is 0 Å². The summed E-state index contributed by atoms with van der Waals surface area (Å²) in [6.07, 6.45) is 11.6. The van der Waals surface area contributed by atoms with Crippen molar-refractivity contribution in [1.82, 2.24) is 0 Å². The molecular formula is C29H48O7. The van der Waals surface area contributed by atoms with Crippen LogP contribution in [0.1, 0.15) is 110 Å². The first-order valence-corrected chi connectivity index (χ1v) is 13.8. The second-order valence-corrected chi connectivity index (χ2v) is 9.82. The van der Waals surface area contributed by atoms with Crippen molar-refractivity contribution in [3.05, 3.63) is 30.3 Å². The molecule has 3 atom stereocenters. The van der Waals surface area contributed by atoms with Crippen molar-refractivity contribution in [2.45, 2.75) is 128 Å². The van der Waals surface area contributed by atoms with E-state index in [1.807, 2.05) is 30.3 Å². The highest BCUT2D eigenvalue weighted by Gasteiger charge is 2.37. The van der Waals surface area contributed by atoms with Crippen LogP contribution in [0.2, 0.25) is 0 Å². The molecule has 1 rings (SSSR count). The maximum absolute atomic E-state index is 12.4. The maximum atomic E-state index is 12.4. The maximum Gasteiger partial charge on any atom is 0.338 e. The van der Waals surface area contributed by atoms with E-state index in [1.165, 1.54) is 44.9 Å². The predicted molar refractivity (Wildman–Crippen MR) is 141 cm³/mol. The Morgan fingerprint density at radius 3 is 1.69 bits per heavy atom. The number of carboxylic acids is 1. The number of carbonyl (C=O) groups is 2. The quantitative estimate of drug-likeness (QED) is 0.129. The van der Waals surface area contributed by atoms with E-state index in [2.05, 4.69) is 13.8 Å². The van der Waals surface area contributed by atoms with E-state index in [1.54, 1.807) is 0 Å². The Balaban J connectivity index is 2.92. The average molecular weight is 509 g/mol. The van der Waals surface area contributed by atoms with Crippen LogP contribution in [0.3, 0.4) is 0 Å². The molecule has 7 nitrogen and oxygen atoms in total. The van der Waals surface area contributed by atoms with Gasteiger partial charge in [-0.2, -0.15) is 0 Å². The molecule has 0 saturated carbocycles. The van der Waals surface area contributed by atoms with Crippen molar-refractivity contribution in [1.29, 1.82) is 0 Å². The normalized spacial score (nSPS) is 14.6. The Kier molecular flexibility index (Phi) is 16.9. The lowest BCUT2D eigenvalue weighted by Gasteiger charge is -2.35. The summed E-state index contributed by atoms with van der Waals surface area (Å²) in [5.74, 6) is -2.16. The number of aliphatic carboxylic acids is 1. The fraction of sp³-hybridized carbons (Fsp3) is 0.724. The molecule has 1 aromatic carbocycles. The van der Waals surface area contributed by atoms with Crippen molar-refractivity contribution in [3.63, 3.8) is 0 Å². The van der Waals surface area contributed by atoms with Gasteiger partial charge in [-0.15, -0.1) is 0 Å². The molecule has 36 heavy (non-hydrogen) atoms. The molecule has 0 spiro atoms. The minimum Gasteiger partial charge on any atom is -0.484 e. The topological polar surface area (TPSA) is 113 Å². The molecule has 0 radical (unpaired) electrons. The van der Waals surface area contributed by atoms with E-state index in [0.29, 0.717) is 18.6 Å². The van der Waals surface area contributed by atoms with Gasteiger partial charge < -0.3 is 24.8 Å². The number of aliphatic hydroxyl groups excluding tert-OH is 2. The lowest BCUT2D eigenvalue weighted by Crippen LogP contribution is -2.46. The van der Waals surface area contributed by atoms with Crippen molar-refractivity contribution >= 4 is 11.9 Å². The van der Waals surface area contributed by atoms with Gasteiger partial charge in [-0.05, 0) is 37.8 Å². The number of esters is 1. The first kappa shape index (κ1) is 31.9. The zero-order valence-corrected chi connectivity index (χ0v) is 22.3. The van der Waals surface area contributed by atoms with Crippen molar-refractivity contribution in [2.24, 2.45) is 0 Å². The van der Waals surface area contributed by atoms with E-state index in [0.717, 1.165) is 38.5 Å². The number of carboxylic acid groups (broad SMARTS) is 1. The first-order chi connectivity index (χ1) is 17.3. The molecule has 1 aromatic rings. The Labute approximate surface area is 217 Å². The Bertz CT molecular complexity index is 709. The van der Waals surface area contributed by atoms with Gasteiger partial charge in [0.15, 0.2) is 12.2 Å². The van der Waals surface area contributed by atoms with Crippen LogP contribution in [-0.2, 0) is 14.3 Å². The largest absolute Gasteiger partial charge is 0.484 e. The molecule has 3 unspecified atom stereocenters. The lowest BCUT2D eigenvalue weighted by molar-refractivity contribution is -0.174. The van der Waals surface area contributed by atoms with Crippen LogP contribution in [-0.4, -0.2) is 51.7 Å². The van der Waals surface area contributed by atoms with Crippen molar-refractivity contribution in [2.75, 3.05) is 6.61 Å². The van der Waals surface area contributed by atoms with E-state index in [-0.39, 0.29) is 6.61 Å². The summed E-state index contributed by atoms with van der Waals surface area (Å²) in [7, 11) is 0. The van der Waals surface area contributed by atoms with Crippen LogP contribution < -0.4 is 4.74 Å². The third kappa shape index (κ3) is 13.3. The van der Waals surface area contributed by atoms with Gasteiger partial charge in [0.1, 0.15) is 18.0 Å². The number of aliphatic hydroxyl groups is 2. The fourth-order valence-electron chi connectivity index (χ4n) is 4.32. The number of rotatable bonds is 22. The van der Waals surface area contributed by atoms with E-state index < -0.39 is 29.7 Å². The molecule has 0 aliphatic rings. The van der Waals surface area contributed by atoms with Crippen LogP contribution in [0.25, 0.3) is 0 Å². The highest BCUT2D eigenvalue weighted by atomic mass is 16.6. The minimum absolute atomic E-state index is 0.116. The Morgan fingerprint density at radius 1 is 0.750 bits per heavy atom. The Morgan fingerprint density at radius 2 is 1.22 bits per heavy atom. The first-order valence-electron chi connectivity index (χ1n) is 13.8. The molecule has 3 N–H and O–H groups in total. The van der Waals surface area contributed by atoms with Crippen molar-refractivity contribution in [3.8, 4) is 5.75 Å². The number of hydrogen-bond donors (Lipinski definition) is 3. The highest BCUT2D eigenvalue weighted by Crippen LogP contribution is 2.30. The van der Waals surface area contributed by atoms with Gasteiger partial charge in [-0.3, -0.25) is 0 Å². The summed E-state index contributed by atoms with van der Waals surface area (Å²) < 4.78 is 11.9. The zero-order valence-electron chi connectivity index (χ0n) is 22.3. The van der Waals surface area contributed by atoms with Gasteiger partial charge >= 0.3 is 11.9 Å². The molecule has 206 valence electrons. The molecule has 0 aliphatic heterocycles. The second-order valence-electron chi connectivity index (χ2n) is 9.82. The third-order valence-electron chi connectivity index (χ3n) is 6.57. The average Bonchev–Trinajstić information content (AvgIpc) is 2.88. The summed E-state index contributed by atoms with van der Waals surface area (Å²) >= 11 is 0. The molecule has 7 heteroatoms. The van der Waals surface area contributed by atoms with Gasteiger partial charge in [0.05, 0.1) is 0 Å². The van der Waals surface area contributed by atoms with Crippen LogP contribution in [0.5, 0.6) is 5.75 Å². The van der Waals surface area contributed by atoms with E-state index in [4.69, 9.17) is 14.6 Å². The third-order valence-corrected chi connectivity index (χ3v) is 6.57. The van der Waals surface area contributed by atoms with Crippen LogP contribution >= 0.6 is 0 Å². The number of para-hydroxylation sites is 1. The number of ether oxygens (including phenoxy) is 2. The molecule has 0 heterocycles. The number of unbranched alkanes of at least 4 members (excludes halogenated alkanes) is 11. The van der Waals surface area contributed by atoms with Crippen LogP contribution in [0.4, 0.5) is 0 Å². The summed E-state index contributed by atoms with van der Waals surface area (Å²) in [5, 5.41) is 28.4.